The van der Waals surface area contributed by atoms with Crippen molar-refractivity contribution in [2.24, 2.45) is 23.1 Å². The average molecular weight is 491 g/mol. The molecule has 4 unspecified atom stereocenters. The number of hydrogen-bond acceptors (Lipinski definition) is 8. The Balaban J connectivity index is 5.51. The van der Waals surface area contributed by atoms with Crippen molar-refractivity contribution in [1.29, 1.82) is 0 Å². The van der Waals surface area contributed by atoms with Gasteiger partial charge in [-0.25, -0.2) is 4.79 Å². The molecule has 10 N–H and O–H groups in total. The second kappa shape index (κ2) is 15.1. The van der Waals surface area contributed by atoms with Gasteiger partial charge in [-0.3, -0.25) is 24.0 Å². The maximum absolute atomic E-state index is 12.8. The number of carbonyl (C=O) groups is 6. The SMILES string of the molecule is CC(C)CC(NC(=O)C(CCC(N)=O)NC(=O)C(N)CS)C(=O)NC(CCC(N)=O)C(=O)O. The molecule has 0 rings (SSSR count). The van der Waals surface area contributed by atoms with Crippen LogP contribution in [0.1, 0.15) is 46.0 Å². The summed E-state index contributed by atoms with van der Waals surface area (Å²) >= 11 is 3.92. The molecule has 0 aromatic carbocycles. The first kappa shape index (κ1) is 30.1. The van der Waals surface area contributed by atoms with E-state index < -0.39 is 59.7 Å². The number of amides is 5. The molecule has 0 aromatic heterocycles. The van der Waals surface area contributed by atoms with Gasteiger partial charge in [-0.05, 0) is 25.2 Å². The van der Waals surface area contributed by atoms with E-state index in [0.29, 0.717) is 0 Å². The number of carbonyl (C=O) groups excluding carboxylic acids is 5. The molecule has 0 aliphatic rings. The van der Waals surface area contributed by atoms with Crippen LogP contribution in [0, 0.1) is 5.92 Å². The first-order valence-electron chi connectivity index (χ1n) is 10.3. The fraction of sp³-hybridized carbons (Fsp3) is 0.684. The largest absolute Gasteiger partial charge is 0.480 e. The number of nitrogens with one attached hydrogen (secondary N) is 3. The summed E-state index contributed by atoms with van der Waals surface area (Å²) in [5.41, 5.74) is 15.8. The third kappa shape index (κ3) is 12.7. The van der Waals surface area contributed by atoms with Gasteiger partial charge in [0.05, 0.1) is 6.04 Å². The van der Waals surface area contributed by atoms with E-state index in [9.17, 15) is 33.9 Å². The van der Waals surface area contributed by atoms with Gasteiger partial charge in [0, 0.05) is 18.6 Å². The Hall–Kier alpha value is -2.87. The topological polar surface area (TPSA) is 237 Å². The van der Waals surface area contributed by atoms with Crippen molar-refractivity contribution in [1.82, 2.24) is 16.0 Å². The molecule has 188 valence electrons. The highest BCUT2D eigenvalue weighted by atomic mass is 32.1. The van der Waals surface area contributed by atoms with Crippen LogP contribution in [0.3, 0.4) is 0 Å². The third-order valence-corrected chi connectivity index (χ3v) is 4.87. The van der Waals surface area contributed by atoms with Crippen LogP contribution in [-0.4, -0.2) is 70.5 Å². The van der Waals surface area contributed by atoms with E-state index >= 15 is 0 Å². The van der Waals surface area contributed by atoms with E-state index in [1.54, 1.807) is 13.8 Å². The number of primary amides is 2. The third-order valence-electron chi connectivity index (χ3n) is 4.48. The fourth-order valence-electron chi connectivity index (χ4n) is 2.71. The number of hydrogen-bond donors (Lipinski definition) is 8. The minimum Gasteiger partial charge on any atom is -0.480 e. The Kier molecular flexibility index (Phi) is 13.7. The van der Waals surface area contributed by atoms with Gasteiger partial charge in [0.25, 0.3) is 0 Å². The Bertz CT molecular complexity index is 733. The number of aliphatic carboxylic acids is 1. The Morgan fingerprint density at radius 3 is 1.64 bits per heavy atom. The lowest BCUT2D eigenvalue weighted by Crippen LogP contribution is -2.57. The number of carboxylic acids is 1. The van der Waals surface area contributed by atoms with Gasteiger partial charge in [-0.2, -0.15) is 12.6 Å². The van der Waals surface area contributed by atoms with E-state index in [-0.39, 0.29) is 43.8 Å². The van der Waals surface area contributed by atoms with Crippen molar-refractivity contribution in [2.45, 2.75) is 70.1 Å². The first-order chi connectivity index (χ1) is 15.3. The molecule has 0 bridgehead atoms. The number of rotatable bonds is 16. The lowest BCUT2D eigenvalue weighted by Gasteiger charge is -2.26. The van der Waals surface area contributed by atoms with E-state index in [2.05, 4.69) is 28.6 Å². The molecule has 5 amide bonds. The normalized spacial score (nSPS) is 14.5. The summed E-state index contributed by atoms with van der Waals surface area (Å²) < 4.78 is 0. The van der Waals surface area contributed by atoms with Crippen molar-refractivity contribution in [3.8, 4) is 0 Å². The molecule has 0 spiro atoms. The van der Waals surface area contributed by atoms with E-state index in [0.717, 1.165) is 0 Å². The Morgan fingerprint density at radius 2 is 1.21 bits per heavy atom. The molecule has 0 fully saturated rings. The zero-order valence-corrected chi connectivity index (χ0v) is 19.6. The minimum atomic E-state index is -1.39. The number of nitrogens with two attached hydrogens (primary N) is 3. The molecule has 33 heavy (non-hydrogen) atoms. The highest BCUT2D eigenvalue weighted by molar-refractivity contribution is 7.80. The summed E-state index contributed by atoms with van der Waals surface area (Å²) in [6.07, 6.45) is -0.697. The lowest BCUT2D eigenvalue weighted by molar-refractivity contribution is -0.142. The molecular formula is C19H34N6O7S. The summed E-state index contributed by atoms with van der Waals surface area (Å²) in [5, 5.41) is 16.5. The zero-order chi connectivity index (χ0) is 25.7. The van der Waals surface area contributed by atoms with Gasteiger partial charge in [-0.1, -0.05) is 13.8 Å². The van der Waals surface area contributed by atoms with Gasteiger partial charge < -0.3 is 38.3 Å². The summed E-state index contributed by atoms with van der Waals surface area (Å²) in [6.45, 7) is 3.57. The maximum atomic E-state index is 12.8. The van der Waals surface area contributed by atoms with Crippen molar-refractivity contribution in [3.05, 3.63) is 0 Å². The quantitative estimate of drug-likeness (QED) is 0.106. The molecule has 0 saturated heterocycles. The van der Waals surface area contributed by atoms with Gasteiger partial charge in [0.15, 0.2) is 0 Å². The second-order valence-electron chi connectivity index (χ2n) is 7.95. The smallest absolute Gasteiger partial charge is 0.326 e. The van der Waals surface area contributed by atoms with Gasteiger partial charge in [0.1, 0.15) is 18.1 Å². The molecular weight excluding hydrogens is 456 g/mol. The first-order valence-corrected chi connectivity index (χ1v) is 11.0. The molecule has 13 nitrogen and oxygen atoms in total. The van der Waals surface area contributed by atoms with Gasteiger partial charge >= 0.3 is 5.97 Å². The summed E-state index contributed by atoms with van der Waals surface area (Å²) in [7, 11) is 0. The zero-order valence-electron chi connectivity index (χ0n) is 18.7. The van der Waals surface area contributed by atoms with Crippen LogP contribution < -0.4 is 33.2 Å². The van der Waals surface area contributed by atoms with Crippen LogP contribution in [0.15, 0.2) is 0 Å². The molecule has 0 saturated carbocycles. The van der Waals surface area contributed by atoms with E-state index in [4.69, 9.17) is 17.2 Å². The minimum absolute atomic E-state index is 0.0102. The summed E-state index contributed by atoms with van der Waals surface area (Å²) in [5.74, 6) is -5.11. The van der Waals surface area contributed by atoms with Crippen LogP contribution in [0.4, 0.5) is 0 Å². The van der Waals surface area contributed by atoms with Crippen molar-refractivity contribution in [3.63, 3.8) is 0 Å². The predicted molar refractivity (Wildman–Crippen MR) is 122 cm³/mol. The molecule has 4 atom stereocenters. The van der Waals surface area contributed by atoms with Crippen molar-refractivity contribution in [2.75, 3.05) is 5.75 Å². The fourth-order valence-corrected chi connectivity index (χ4v) is 2.87. The van der Waals surface area contributed by atoms with E-state index in [1.165, 1.54) is 0 Å². The Labute approximate surface area is 197 Å². The van der Waals surface area contributed by atoms with Crippen LogP contribution in [0.2, 0.25) is 0 Å². The standard InChI is InChI=1S/C19H34N6O7S/c1-9(2)7-13(18(30)24-12(19(31)32)4-6-15(22)27)25-17(29)11(3-5-14(21)26)23-16(28)10(20)8-33/h9-13,33H,3-8,20H2,1-2H3,(H2,21,26)(H2,22,27)(H,23,28)(H,24,30)(H,25,29)(H,31,32). The number of carboxylic acid groups (broad SMARTS) is 1. The maximum Gasteiger partial charge on any atom is 0.326 e. The van der Waals surface area contributed by atoms with Gasteiger partial charge in [0.2, 0.25) is 29.5 Å². The second-order valence-corrected chi connectivity index (χ2v) is 8.32. The Morgan fingerprint density at radius 1 is 0.788 bits per heavy atom. The van der Waals surface area contributed by atoms with Crippen molar-refractivity contribution < 1.29 is 33.9 Å². The molecule has 0 heterocycles. The lowest BCUT2D eigenvalue weighted by atomic mass is 10.0. The predicted octanol–water partition coefficient (Wildman–Crippen LogP) is -2.64. The molecule has 14 heteroatoms. The van der Waals surface area contributed by atoms with Gasteiger partial charge in [-0.15, -0.1) is 0 Å². The molecule has 0 aliphatic heterocycles. The highest BCUT2D eigenvalue weighted by Crippen LogP contribution is 2.08. The highest BCUT2D eigenvalue weighted by Gasteiger charge is 2.30. The monoisotopic (exact) mass is 490 g/mol. The van der Waals surface area contributed by atoms with Crippen LogP contribution in [-0.2, 0) is 28.8 Å². The molecule has 0 radical (unpaired) electrons. The van der Waals surface area contributed by atoms with Crippen LogP contribution in [0.5, 0.6) is 0 Å². The van der Waals surface area contributed by atoms with E-state index in [1.807, 2.05) is 0 Å². The van der Waals surface area contributed by atoms with Crippen molar-refractivity contribution >= 4 is 48.1 Å². The van der Waals surface area contributed by atoms with Crippen LogP contribution in [0.25, 0.3) is 0 Å². The summed E-state index contributed by atoms with van der Waals surface area (Å²) in [4.78, 5) is 71.2. The molecule has 0 aromatic rings. The average Bonchev–Trinajstić information content (AvgIpc) is 2.71. The van der Waals surface area contributed by atoms with Crippen LogP contribution >= 0.6 is 12.6 Å². The number of thiol groups is 1. The molecule has 0 aliphatic carbocycles. The summed E-state index contributed by atoms with van der Waals surface area (Å²) in [6, 6.07) is -4.77.